The standard InChI is InChI=1S/C22H23N3/c1-14-8-17-10-18(16-5-4-15(2)23-11-16)12-25-21-6-7-24(3)13-20(21)19(9-14)22(17)25/h4-5,8-9,11-12H,6-7,10,13H2,1-3H3. The van der Waals surface area contributed by atoms with Crippen LogP contribution in [0.5, 0.6) is 0 Å². The smallest absolute Gasteiger partial charge is 0.0564 e. The largest absolute Gasteiger partial charge is 0.319 e. The van der Waals surface area contributed by atoms with Gasteiger partial charge in [0.1, 0.15) is 0 Å². The summed E-state index contributed by atoms with van der Waals surface area (Å²) in [5.74, 6) is 0. The van der Waals surface area contributed by atoms with Crippen LogP contribution in [0.4, 0.5) is 0 Å². The molecule has 25 heavy (non-hydrogen) atoms. The lowest BCUT2D eigenvalue weighted by Gasteiger charge is -2.24. The summed E-state index contributed by atoms with van der Waals surface area (Å²) in [5.41, 5.74) is 10.9. The molecule has 2 aliphatic heterocycles. The van der Waals surface area contributed by atoms with Crippen molar-refractivity contribution in [1.29, 1.82) is 0 Å². The lowest BCUT2D eigenvalue weighted by molar-refractivity contribution is 0.312. The molecule has 0 aliphatic carbocycles. The van der Waals surface area contributed by atoms with Gasteiger partial charge in [0.2, 0.25) is 0 Å². The molecule has 0 atom stereocenters. The second-order valence-electron chi connectivity index (χ2n) is 7.62. The van der Waals surface area contributed by atoms with Crippen molar-refractivity contribution >= 4 is 22.7 Å². The monoisotopic (exact) mass is 329 g/mol. The van der Waals surface area contributed by atoms with Crippen LogP contribution in [-0.2, 0) is 19.4 Å². The molecule has 3 aromatic rings. The van der Waals surface area contributed by atoms with E-state index in [0.29, 0.717) is 0 Å². The van der Waals surface area contributed by atoms with Gasteiger partial charge in [0.15, 0.2) is 0 Å². The average Bonchev–Trinajstić information content (AvgIpc) is 2.89. The predicted molar refractivity (Wildman–Crippen MR) is 104 cm³/mol. The van der Waals surface area contributed by atoms with Gasteiger partial charge in [-0.15, -0.1) is 0 Å². The van der Waals surface area contributed by atoms with E-state index in [4.69, 9.17) is 0 Å². The van der Waals surface area contributed by atoms with Crippen molar-refractivity contribution in [1.82, 2.24) is 14.5 Å². The zero-order valence-electron chi connectivity index (χ0n) is 15.1. The van der Waals surface area contributed by atoms with Crippen LogP contribution >= 0.6 is 0 Å². The zero-order chi connectivity index (χ0) is 17.1. The number of nitrogens with zero attached hydrogens (tertiary/aromatic N) is 3. The van der Waals surface area contributed by atoms with E-state index in [1.54, 1.807) is 0 Å². The number of hydrogen-bond acceptors (Lipinski definition) is 2. The summed E-state index contributed by atoms with van der Waals surface area (Å²) in [6.45, 7) is 6.45. The summed E-state index contributed by atoms with van der Waals surface area (Å²) in [6, 6.07) is 9.05. The molecule has 0 amide bonds. The quantitative estimate of drug-likeness (QED) is 0.667. The minimum atomic E-state index is 0.988. The number of allylic oxidation sites excluding steroid dienone is 1. The van der Waals surface area contributed by atoms with Gasteiger partial charge in [-0.3, -0.25) is 4.98 Å². The predicted octanol–water partition coefficient (Wildman–Crippen LogP) is 4.20. The number of aromatic nitrogens is 2. The average molecular weight is 329 g/mol. The normalized spacial score (nSPS) is 16.8. The summed E-state index contributed by atoms with van der Waals surface area (Å²) in [5, 5.41) is 1.45. The molecule has 4 heterocycles. The van der Waals surface area contributed by atoms with Crippen molar-refractivity contribution in [2.45, 2.75) is 33.2 Å². The van der Waals surface area contributed by atoms with E-state index in [2.05, 4.69) is 58.9 Å². The van der Waals surface area contributed by atoms with E-state index in [1.165, 1.54) is 44.4 Å². The molecule has 0 N–H and O–H groups in total. The van der Waals surface area contributed by atoms with E-state index in [-0.39, 0.29) is 0 Å². The maximum absolute atomic E-state index is 4.51. The summed E-state index contributed by atoms with van der Waals surface area (Å²) < 4.78 is 2.48. The Kier molecular flexibility index (Phi) is 3.16. The Morgan fingerprint density at radius 2 is 2.00 bits per heavy atom. The molecule has 126 valence electrons. The topological polar surface area (TPSA) is 21.1 Å². The van der Waals surface area contributed by atoms with Crippen molar-refractivity contribution in [2.75, 3.05) is 13.6 Å². The number of benzene rings is 1. The van der Waals surface area contributed by atoms with E-state index < -0.39 is 0 Å². The van der Waals surface area contributed by atoms with Gasteiger partial charge in [0.25, 0.3) is 0 Å². The molecule has 0 spiro atoms. The van der Waals surface area contributed by atoms with Crippen molar-refractivity contribution < 1.29 is 0 Å². The molecule has 1 aromatic carbocycles. The number of likely N-dealkylation sites (N-methyl/N-ethyl adjacent to an activating group) is 1. The van der Waals surface area contributed by atoms with E-state index in [9.17, 15) is 0 Å². The number of pyridine rings is 1. The first-order chi connectivity index (χ1) is 12.1. The van der Waals surface area contributed by atoms with Crippen LogP contribution in [0, 0.1) is 13.8 Å². The second-order valence-corrected chi connectivity index (χ2v) is 7.62. The molecule has 0 saturated carbocycles. The van der Waals surface area contributed by atoms with Gasteiger partial charge in [-0.25, -0.2) is 0 Å². The lowest BCUT2D eigenvalue weighted by atomic mass is 9.94. The molecular weight excluding hydrogens is 306 g/mol. The number of aryl methyl sites for hydroxylation is 2. The van der Waals surface area contributed by atoms with Gasteiger partial charge < -0.3 is 9.47 Å². The summed E-state index contributed by atoms with van der Waals surface area (Å²) in [6.07, 6.45) is 6.49. The maximum Gasteiger partial charge on any atom is 0.0564 e. The van der Waals surface area contributed by atoms with Crippen LogP contribution in [0.15, 0.2) is 30.5 Å². The molecule has 0 fully saturated rings. The first kappa shape index (κ1) is 14.9. The van der Waals surface area contributed by atoms with Crippen molar-refractivity contribution in [3.63, 3.8) is 0 Å². The summed E-state index contributed by atoms with van der Waals surface area (Å²) >= 11 is 0. The highest BCUT2D eigenvalue weighted by Gasteiger charge is 2.26. The third-order valence-electron chi connectivity index (χ3n) is 5.64. The molecule has 0 saturated heterocycles. The Hall–Kier alpha value is -2.39. The Morgan fingerprint density at radius 1 is 1.12 bits per heavy atom. The minimum Gasteiger partial charge on any atom is -0.319 e. The van der Waals surface area contributed by atoms with E-state index in [1.807, 2.05) is 13.1 Å². The van der Waals surface area contributed by atoms with Crippen LogP contribution in [0.3, 0.4) is 0 Å². The van der Waals surface area contributed by atoms with Crippen LogP contribution in [0.25, 0.3) is 22.7 Å². The number of rotatable bonds is 1. The molecule has 0 radical (unpaired) electrons. The van der Waals surface area contributed by atoms with E-state index >= 15 is 0 Å². The molecular formula is C22H23N3. The van der Waals surface area contributed by atoms with Gasteiger partial charge in [-0.1, -0.05) is 17.7 Å². The number of fused-ring (bicyclic) bond motifs is 3. The molecule has 3 nitrogen and oxygen atoms in total. The number of hydrogen-bond donors (Lipinski definition) is 0. The van der Waals surface area contributed by atoms with Gasteiger partial charge >= 0.3 is 0 Å². The highest BCUT2D eigenvalue weighted by Crippen LogP contribution is 2.39. The summed E-state index contributed by atoms with van der Waals surface area (Å²) in [7, 11) is 2.22. The van der Waals surface area contributed by atoms with Gasteiger partial charge in [0, 0.05) is 55.1 Å². The maximum atomic E-state index is 4.51. The first-order valence-electron chi connectivity index (χ1n) is 9.07. The SMILES string of the molecule is Cc1cc2c3c(c1)c1c(n3C=C(c3ccc(C)nc3)C2)CCN(C)C1. The highest BCUT2D eigenvalue weighted by molar-refractivity contribution is 5.96. The Morgan fingerprint density at radius 3 is 2.80 bits per heavy atom. The van der Waals surface area contributed by atoms with Crippen molar-refractivity contribution in [2.24, 2.45) is 0 Å². The highest BCUT2D eigenvalue weighted by atomic mass is 15.1. The fraction of sp³-hybridized carbons (Fsp3) is 0.318. The zero-order valence-corrected chi connectivity index (χ0v) is 15.1. The van der Waals surface area contributed by atoms with Crippen molar-refractivity contribution in [3.05, 3.63) is 64.1 Å². The van der Waals surface area contributed by atoms with Crippen LogP contribution in [-0.4, -0.2) is 28.0 Å². The van der Waals surface area contributed by atoms with Gasteiger partial charge in [-0.05, 0) is 55.3 Å². The fourth-order valence-electron chi connectivity index (χ4n) is 4.42. The Balaban J connectivity index is 1.76. The van der Waals surface area contributed by atoms with Crippen molar-refractivity contribution in [3.8, 4) is 0 Å². The van der Waals surface area contributed by atoms with Gasteiger partial charge in [-0.2, -0.15) is 0 Å². The third-order valence-corrected chi connectivity index (χ3v) is 5.64. The minimum absolute atomic E-state index is 0.988. The van der Waals surface area contributed by atoms with Crippen LogP contribution < -0.4 is 0 Å². The fourth-order valence-corrected chi connectivity index (χ4v) is 4.42. The second kappa shape index (κ2) is 5.30. The molecule has 0 bridgehead atoms. The van der Waals surface area contributed by atoms with E-state index in [0.717, 1.165) is 31.6 Å². The van der Waals surface area contributed by atoms with Gasteiger partial charge in [0.05, 0.1) is 5.52 Å². The third kappa shape index (κ3) is 2.26. The summed E-state index contributed by atoms with van der Waals surface area (Å²) in [4.78, 5) is 6.94. The first-order valence-corrected chi connectivity index (χ1v) is 9.07. The van der Waals surface area contributed by atoms with Crippen LogP contribution in [0.1, 0.15) is 33.6 Å². The Labute approximate surface area is 148 Å². The molecule has 2 aromatic heterocycles. The molecule has 0 unspecified atom stereocenters. The van der Waals surface area contributed by atoms with Crippen LogP contribution in [0.2, 0.25) is 0 Å². The molecule has 2 aliphatic rings. The molecule has 3 heteroatoms. The lowest BCUT2D eigenvalue weighted by Crippen LogP contribution is -2.27. The Bertz CT molecular complexity index is 1020. The molecule has 5 rings (SSSR count).